The van der Waals surface area contributed by atoms with Gasteiger partial charge in [0, 0.05) is 6.26 Å². The van der Waals surface area contributed by atoms with E-state index in [2.05, 4.69) is 4.18 Å². The van der Waals surface area contributed by atoms with Crippen molar-refractivity contribution in [3.05, 3.63) is 0 Å². The van der Waals surface area contributed by atoms with Crippen LogP contribution in [0.5, 0.6) is 0 Å². The number of hydrogen-bond donors (Lipinski definition) is 0. The maximum absolute atomic E-state index is 4.46. The summed E-state index contributed by atoms with van der Waals surface area (Å²) in [6.45, 7) is 12.0. The molecule has 0 radical (unpaired) electrons. The number of hydrogen-bond acceptors (Lipinski definition) is 2. The van der Waals surface area contributed by atoms with Crippen LogP contribution in [0.4, 0.5) is 0 Å². The quantitative estimate of drug-likeness (QED) is 0.547. The van der Waals surface area contributed by atoms with Crippen LogP contribution in [0.15, 0.2) is 0 Å². The van der Waals surface area contributed by atoms with Gasteiger partial charge in [-0.1, -0.05) is 41.5 Å². The smallest absolute Gasteiger partial charge is 0.0503 e. The molecule has 0 heterocycles. The Kier molecular flexibility index (Phi) is 270. The minimum absolute atomic E-state index is 1.36. The molecular weight excluding hydrogens is 144 g/mol. The highest BCUT2D eigenvalue weighted by Gasteiger charge is 1.52. The van der Waals surface area contributed by atoms with Crippen LogP contribution in [0, 0.1) is 0 Å². The summed E-state index contributed by atoms with van der Waals surface area (Å²) >= 11 is 1.36. The van der Waals surface area contributed by atoms with Crippen molar-refractivity contribution in [2.45, 2.75) is 41.5 Å². The summed E-state index contributed by atoms with van der Waals surface area (Å²) < 4.78 is 4.46. The SMILES string of the molecule is CC.CC.CC.COSC. The fourth-order valence-corrected chi connectivity index (χ4v) is 0. The Morgan fingerprint density at radius 2 is 0.900 bits per heavy atom. The van der Waals surface area contributed by atoms with Crippen LogP contribution in [0.25, 0.3) is 0 Å². The molecular formula is C8H24OS. The summed E-state index contributed by atoms with van der Waals surface area (Å²) in [6.07, 6.45) is 1.88. The second kappa shape index (κ2) is 120. The Morgan fingerprint density at radius 3 is 0.900 bits per heavy atom. The van der Waals surface area contributed by atoms with E-state index in [1.54, 1.807) is 7.11 Å². The van der Waals surface area contributed by atoms with Crippen LogP contribution in [0.3, 0.4) is 0 Å². The van der Waals surface area contributed by atoms with E-state index < -0.39 is 0 Å². The third kappa shape index (κ3) is 259. The molecule has 0 amide bonds. The molecule has 0 saturated heterocycles. The highest BCUT2D eigenvalue weighted by molar-refractivity contribution is 7.93. The van der Waals surface area contributed by atoms with Gasteiger partial charge in [0.05, 0.1) is 7.11 Å². The Balaban J connectivity index is -0.0000000262. The molecule has 0 rings (SSSR count). The van der Waals surface area contributed by atoms with E-state index in [-0.39, 0.29) is 0 Å². The van der Waals surface area contributed by atoms with E-state index in [1.165, 1.54) is 12.0 Å². The van der Waals surface area contributed by atoms with E-state index in [4.69, 9.17) is 0 Å². The second-order valence-corrected chi connectivity index (χ2v) is 1.00. The first-order chi connectivity index (χ1) is 4.91. The van der Waals surface area contributed by atoms with Crippen LogP contribution in [0.2, 0.25) is 0 Å². The van der Waals surface area contributed by atoms with Crippen molar-refractivity contribution in [2.24, 2.45) is 0 Å². The molecule has 2 heteroatoms. The summed E-state index contributed by atoms with van der Waals surface area (Å²) in [5.41, 5.74) is 0. The molecule has 1 nitrogen and oxygen atoms in total. The lowest BCUT2D eigenvalue weighted by atomic mass is 11.0. The molecule has 0 saturated carbocycles. The summed E-state index contributed by atoms with van der Waals surface area (Å²) in [5, 5.41) is 0. The molecule has 0 aliphatic carbocycles. The minimum atomic E-state index is 1.36. The zero-order valence-electron chi connectivity index (χ0n) is 8.82. The molecule has 0 unspecified atom stereocenters. The van der Waals surface area contributed by atoms with Crippen molar-refractivity contribution in [1.29, 1.82) is 0 Å². The minimum Gasteiger partial charge on any atom is -0.319 e. The van der Waals surface area contributed by atoms with Gasteiger partial charge in [-0.2, -0.15) is 0 Å². The molecule has 0 fully saturated rings. The van der Waals surface area contributed by atoms with Crippen molar-refractivity contribution in [3.63, 3.8) is 0 Å². The van der Waals surface area contributed by atoms with E-state index in [0.717, 1.165) is 0 Å². The molecule has 0 atom stereocenters. The Bertz CT molecular complexity index is 11.2. The van der Waals surface area contributed by atoms with Crippen molar-refractivity contribution >= 4 is 12.0 Å². The summed E-state index contributed by atoms with van der Waals surface area (Å²) in [7, 11) is 1.64. The van der Waals surface area contributed by atoms with Gasteiger partial charge in [0.2, 0.25) is 0 Å². The van der Waals surface area contributed by atoms with Crippen LogP contribution < -0.4 is 0 Å². The van der Waals surface area contributed by atoms with Crippen molar-refractivity contribution < 1.29 is 4.18 Å². The third-order valence-corrected chi connectivity index (χ3v) is 0.500. The van der Waals surface area contributed by atoms with Gasteiger partial charge in [0.15, 0.2) is 0 Å². The zero-order chi connectivity index (χ0) is 9.41. The molecule has 0 aromatic carbocycles. The summed E-state index contributed by atoms with van der Waals surface area (Å²) in [6, 6.07) is 0. The average Bonchev–Trinajstić information content (AvgIpc) is 2.14. The summed E-state index contributed by atoms with van der Waals surface area (Å²) in [5.74, 6) is 0. The van der Waals surface area contributed by atoms with Gasteiger partial charge in [-0.3, -0.25) is 0 Å². The Morgan fingerprint density at radius 1 is 0.800 bits per heavy atom. The molecule has 0 spiro atoms. The van der Waals surface area contributed by atoms with Crippen molar-refractivity contribution in [2.75, 3.05) is 13.4 Å². The van der Waals surface area contributed by atoms with Crippen LogP contribution in [-0.4, -0.2) is 13.4 Å². The highest BCUT2D eigenvalue weighted by Crippen LogP contribution is 1.84. The van der Waals surface area contributed by atoms with Crippen LogP contribution in [0.1, 0.15) is 41.5 Å². The maximum Gasteiger partial charge on any atom is 0.0503 e. The first-order valence-corrected chi connectivity index (χ1v) is 5.13. The fraction of sp³-hybridized carbons (Fsp3) is 1.00. The zero-order valence-corrected chi connectivity index (χ0v) is 9.63. The predicted octanol–water partition coefficient (Wildman–Crippen LogP) is 3.99. The monoisotopic (exact) mass is 168 g/mol. The van der Waals surface area contributed by atoms with Crippen molar-refractivity contribution in [1.82, 2.24) is 0 Å². The van der Waals surface area contributed by atoms with E-state index in [0.29, 0.717) is 0 Å². The lowest BCUT2D eigenvalue weighted by Gasteiger charge is -1.74. The van der Waals surface area contributed by atoms with Gasteiger partial charge in [-0.05, 0) is 12.0 Å². The fourth-order valence-electron chi connectivity index (χ4n) is 0. The number of rotatable bonds is 1. The standard InChI is InChI=1S/C2H6OS.3C2H6/c1-3-4-2;3*1-2/h1-2H3;3*1-2H3. The van der Waals surface area contributed by atoms with Gasteiger partial charge in [-0.15, -0.1) is 0 Å². The molecule has 0 aliphatic heterocycles. The molecule has 0 aromatic heterocycles. The van der Waals surface area contributed by atoms with Gasteiger partial charge >= 0.3 is 0 Å². The average molecular weight is 168 g/mol. The lowest BCUT2D eigenvalue weighted by Crippen LogP contribution is -1.53. The molecule has 0 aliphatic rings. The first-order valence-electron chi connectivity index (χ1n) is 3.98. The first kappa shape index (κ1) is 22.4. The second-order valence-electron chi connectivity index (χ2n) is 0.333. The molecule has 10 heavy (non-hydrogen) atoms. The van der Waals surface area contributed by atoms with E-state index >= 15 is 0 Å². The van der Waals surface area contributed by atoms with E-state index in [9.17, 15) is 0 Å². The topological polar surface area (TPSA) is 9.23 Å². The maximum atomic E-state index is 4.46. The lowest BCUT2D eigenvalue weighted by molar-refractivity contribution is 0.493. The molecule has 0 N–H and O–H groups in total. The molecule has 68 valence electrons. The highest BCUT2D eigenvalue weighted by atomic mass is 32.2. The molecule has 0 bridgehead atoms. The van der Waals surface area contributed by atoms with Gasteiger partial charge in [-0.25, -0.2) is 0 Å². The largest absolute Gasteiger partial charge is 0.319 e. The van der Waals surface area contributed by atoms with E-state index in [1.807, 2.05) is 47.8 Å². The molecule has 0 aromatic rings. The van der Waals surface area contributed by atoms with Gasteiger partial charge in [0.1, 0.15) is 0 Å². The Hall–Kier alpha value is 0.310. The Labute approximate surface area is 71.8 Å². The van der Waals surface area contributed by atoms with Crippen molar-refractivity contribution in [3.8, 4) is 0 Å². The predicted molar refractivity (Wildman–Crippen MR) is 54.6 cm³/mol. The third-order valence-electron chi connectivity index (χ3n) is 0.167. The normalized spacial score (nSPS) is 4.80. The van der Waals surface area contributed by atoms with Crippen LogP contribution >= 0.6 is 12.0 Å². The van der Waals surface area contributed by atoms with Gasteiger partial charge in [0.25, 0.3) is 0 Å². The van der Waals surface area contributed by atoms with Crippen LogP contribution in [-0.2, 0) is 4.18 Å². The van der Waals surface area contributed by atoms with Gasteiger partial charge < -0.3 is 4.18 Å². The summed E-state index contributed by atoms with van der Waals surface area (Å²) in [4.78, 5) is 0.